The number of likely N-dealkylation sites (tertiary alicyclic amines) is 1. The van der Waals surface area contributed by atoms with Crippen molar-refractivity contribution in [3.05, 3.63) is 58.7 Å². The van der Waals surface area contributed by atoms with E-state index in [4.69, 9.17) is 18.9 Å². The Morgan fingerprint density at radius 3 is 2.61 bits per heavy atom. The fraction of sp³-hybridized carbons (Fsp3) is 0.467. The molecule has 2 unspecified atom stereocenters. The SMILES string of the molecule is CCOc1cc(C2C(=C(O)c3ccc4c(c3)CC(C)O4)C(=O)C(=O)N2CCOC)ccc1OCCC(C)C. The maximum Gasteiger partial charge on any atom is 0.295 e. The fourth-order valence-corrected chi connectivity index (χ4v) is 4.86. The number of nitrogens with zero attached hydrogens (tertiary/aromatic N) is 1. The first kappa shape index (κ1) is 27.5. The van der Waals surface area contributed by atoms with Crippen molar-refractivity contribution in [3.8, 4) is 17.2 Å². The van der Waals surface area contributed by atoms with Crippen LogP contribution in [-0.4, -0.2) is 61.3 Å². The standard InChI is InChI=1S/C30H37NO7/c1-6-36-25-17-20(7-10-24(25)37-13-11-18(2)3)27-26(29(33)30(34)31(27)12-14-35-5)28(32)21-8-9-23-22(16-21)15-19(4)38-23/h7-10,16-19,27,32H,6,11-15H2,1-5H3. The molecule has 1 saturated heterocycles. The van der Waals surface area contributed by atoms with E-state index in [9.17, 15) is 14.7 Å². The number of aliphatic hydroxyl groups excluding tert-OH is 1. The van der Waals surface area contributed by atoms with Gasteiger partial charge in [-0.1, -0.05) is 19.9 Å². The smallest absolute Gasteiger partial charge is 0.295 e. The Kier molecular flexibility index (Phi) is 8.62. The highest BCUT2D eigenvalue weighted by Gasteiger charge is 2.46. The van der Waals surface area contributed by atoms with E-state index >= 15 is 0 Å². The van der Waals surface area contributed by atoms with Crippen molar-refractivity contribution in [2.45, 2.75) is 52.7 Å². The number of carbonyl (C=O) groups is 2. The number of amides is 1. The lowest BCUT2D eigenvalue weighted by Gasteiger charge is -2.26. The van der Waals surface area contributed by atoms with Gasteiger partial charge in [0.1, 0.15) is 17.6 Å². The zero-order valence-electron chi connectivity index (χ0n) is 22.8. The van der Waals surface area contributed by atoms with Crippen LogP contribution in [-0.2, 0) is 20.7 Å². The highest BCUT2D eigenvalue weighted by molar-refractivity contribution is 6.46. The summed E-state index contributed by atoms with van der Waals surface area (Å²) < 4.78 is 22.8. The number of benzene rings is 2. The van der Waals surface area contributed by atoms with E-state index in [1.807, 2.05) is 26.0 Å². The third-order valence-electron chi connectivity index (χ3n) is 6.78. The highest BCUT2D eigenvalue weighted by Crippen LogP contribution is 2.42. The van der Waals surface area contributed by atoms with Crippen LogP contribution >= 0.6 is 0 Å². The summed E-state index contributed by atoms with van der Waals surface area (Å²) in [6.07, 6.45) is 1.65. The van der Waals surface area contributed by atoms with E-state index < -0.39 is 17.7 Å². The van der Waals surface area contributed by atoms with Crippen LogP contribution in [0.4, 0.5) is 0 Å². The number of rotatable bonds is 11. The van der Waals surface area contributed by atoms with Gasteiger partial charge in [-0.25, -0.2) is 0 Å². The first-order valence-corrected chi connectivity index (χ1v) is 13.2. The Morgan fingerprint density at radius 1 is 1.11 bits per heavy atom. The molecule has 0 radical (unpaired) electrons. The molecule has 2 heterocycles. The molecule has 0 aliphatic carbocycles. The molecule has 204 valence electrons. The number of aliphatic hydroxyl groups is 1. The van der Waals surface area contributed by atoms with Gasteiger partial charge in [0.2, 0.25) is 0 Å². The van der Waals surface area contributed by atoms with E-state index in [1.165, 1.54) is 12.0 Å². The molecule has 0 spiro atoms. The minimum absolute atomic E-state index is 0.0361. The van der Waals surface area contributed by atoms with Crippen molar-refractivity contribution in [3.63, 3.8) is 0 Å². The van der Waals surface area contributed by atoms with E-state index in [0.29, 0.717) is 48.2 Å². The predicted octanol–water partition coefficient (Wildman–Crippen LogP) is 4.90. The topological polar surface area (TPSA) is 94.5 Å². The second-order valence-electron chi connectivity index (χ2n) is 10.1. The van der Waals surface area contributed by atoms with Gasteiger partial charge in [-0.05, 0) is 67.6 Å². The molecule has 2 aliphatic rings. The number of methoxy groups -OCH3 is 1. The molecular weight excluding hydrogens is 486 g/mol. The number of hydrogen-bond acceptors (Lipinski definition) is 7. The molecule has 1 fully saturated rings. The lowest BCUT2D eigenvalue weighted by Crippen LogP contribution is -2.32. The van der Waals surface area contributed by atoms with E-state index in [2.05, 4.69) is 13.8 Å². The number of carbonyl (C=O) groups excluding carboxylic acids is 2. The third-order valence-corrected chi connectivity index (χ3v) is 6.78. The third kappa shape index (κ3) is 5.65. The van der Waals surface area contributed by atoms with Crippen molar-refractivity contribution >= 4 is 17.4 Å². The van der Waals surface area contributed by atoms with Gasteiger partial charge >= 0.3 is 0 Å². The van der Waals surface area contributed by atoms with Crippen LogP contribution in [0.5, 0.6) is 17.2 Å². The van der Waals surface area contributed by atoms with Gasteiger partial charge in [0.25, 0.3) is 11.7 Å². The van der Waals surface area contributed by atoms with Crippen LogP contribution in [0.2, 0.25) is 0 Å². The fourth-order valence-electron chi connectivity index (χ4n) is 4.86. The Morgan fingerprint density at radius 2 is 1.89 bits per heavy atom. The summed E-state index contributed by atoms with van der Waals surface area (Å²) in [6.45, 7) is 9.52. The average molecular weight is 524 g/mol. The predicted molar refractivity (Wildman–Crippen MR) is 144 cm³/mol. The summed E-state index contributed by atoms with van der Waals surface area (Å²) in [5.41, 5.74) is 2.09. The monoisotopic (exact) mass is 523 g/mol. The molecular formula is C30H37NO7. The zero-order valence-corrected chi connectivity index (χ0v) is 22.8. The van der Waals surface area contributed by atoms with Crippen molar-refractivity contribution in [2.24, 2.45) is 5.92 Å². The molecule has 1 N–H and O–H groups in total. The summed E-state index contributed by atoms with van der Waals surface area (Å²) in [6, 6.07) is 9.92. The number of ketones is 1. The van der Waals surface area contributed by atoms with Gasteiger partial charge < -0.3 is 29.0 Å². The minimum Gasteiger partial charge on any atom is -0.507 e. The van der Waals surface area contributed by atoms with Crippen molar-refractivity contribution in [2.75, 3.05) is 33.5 Å². The molecule has 38 heavy (non-hydrogen) atoms. The highest BCUT2D eigenvalue weighted by atomic mass is 16.5. The number of hydrogen-bond donors (Lipinski definition) is 1. The molecule has 8 nitrogen and oxygen atoms in total. The number of fused-ring (bicyclic) bond motifs is 1. The molecule has 8 heteroatoms. The first-order chi connectivity index (χ1) is 18.2. The summed E-state index contributed by atoms with van der Waals surface area (Å²) >= 11 is 0. The molecule has 2 aliphatic heterocycles. The minimum atomic E-state index is -0.808. The lowest BCUT2D eigenvalue weighted by molar-refractivity contribution is -0.140. The van der Waals surface area contributed by atoms with Gasteiger partial charge in [-0.15, -0.1) is 0 Å². The Bertz CT molecular complexity index is 1220. The number of ether oxygens (including phenoxy) is 4. The Balaban J connectivity index is 1.78. The molecule has 2 aromatic carbocycles. The van der Waals surface area contributed by atoms with Crippen LogP contribution in [0, 0.1) is 5.92 Å². The van der Waals surface area contributed by atoms with E-state index in [0.717, 1.165) is 17.7 Å². The maximum atomic E-state index is 13.3. The van der Waals surface area contributed by atoms with E-state index in [1.54, 1.807) is 24.3 Å². The van der Waals surface area contributed by atoms with Gasteiger partial charge in [0.15, 0.2) is 11.5 Å². The van der Waals surface area contributed by atoms with Gasteiger partial charge in [0, 0.05) is 25.6 Å². The molecule has 4 rings (SSSR count). The largest absolute Gasteiger partial charge is 0.507 e. The Hall–Kier alpha value is -3.52. The van der Waals surface area contributed by atoms with Crippen LogP contribution in [0.15, 0.2) is 42.0 Å². The first-order valence-electron chi connectivity index (χ1n) is 13.2. The molecule has 2 aromatic rings. The lowest BCUT2D eigenvalue weighted by atomic mass is 9.94. The summed E-state index contributed by atoms with van der Waals surface area (Å²) in [5.74, 6) is 0.754. The quantitative estimate of drug-likeness (QED) is 0.254. The summed E-state index contributed by atoms with van der Waals surface area (Å²) in [4.78, 5) is 27.9. The second kappa shape index (κ2) is 11.9. The van der Waals surface area contributed by atoms with Crippen LogP contribution in [0.25, 0.3) is 5.76 Å². The van der Waals surface area contributed by atoms with Crippen LogP contribution in [0.3, 0.4) is 0 Å². The summed E-state index contributed by atoms with van der Waals surface area (Å²) in [5, 5.41) is 11.4. The molecule has 0 bridgehead atoms. The summed E-state index contributed by atoms with van der Waals surface area (Å²) in [7, 11) is 1.54. The van der Waals surface area contributed by atoms with Gasteiger partial charge in [-0.2, -0.15) is 0 Å². The second-order valence-corrected chi connectivity index (χ2v) is 10.1. The molecule has 0 aromatic heterocycles. The molecule has 2 atom stereocenters. The van der Waals surface area contributed by atoms with Crippen molar-refractivity contribution < 1.29 is 33.6 Å². The maximum absolute atomic E-state index is 13.3. The van der Waals surface area contributed by atoms with Gasteiger partial charge in [-0.3, -0.25) is 9.59 Å². The van der Waals surface area contributed by atoms with Crippen molar-refractivity contribution in [1.82, 2.24) is 4.90 Å². The average Bonchev–Trinajstić information content (AvgIpc) is 3.38. The Labute approximate surface area is 224 Å². The van der Waals surface area contributed by atoms with Crippen LogP contribution in [0.1, 0.15) is 56.8 Å². The zero-order chi connectivity index (χ0) is 27.4. The molecule has 1 amide bonds. The number of Topliss-reactive ketones (excluding diaryl/α,β-unsaturated/α-hetero) is 1. The van der Waals surface area contributed by atoms with Crippen LogP contribution < -0.4 is 14.2 Å². The molecule has 0 saturated carbocycles. The normalized spacial score (nSPS) is 20.1. The van der Waals surface area contributed by atoms with Gasteiger partial charge in [0.05, 0.1) is 31.4 Å². The van der Waals surface area contributed by atoms with E-state index in [-0.39, 0.29) is 30.6 Å². The van der Waals surface area contributed by atoms with Crippen molar-refractivity contribution in [1.29, 1.82) is 0 Å².